The molecule has 0 aromatic rings. The van der Waals surface area contributed by atoms with Gasteiger partial charge in [0.25, 0.3) is 0 Å². The second-order valence-corrected chi connectivity index (χ2v) is 5.15. The highest BCUT2D eigenvalue weighted by Gasteiger charge is 2.41. The number of carbonyl (C=O) groups is 2. The molecule has 0 spiro atoms. The van der Waals surface area contributed by atoms with Crippen LogP contribution in [0.5, 0.6) is 0 Å². The van der Waals surface area contributed by atoms with E-state index in [4.69, 9.17) is 9.84 Å². The molecule has 1 aliphatic heterocycles. The topological polar surface area (TPSA) is 75.6 Å². The molecule has 1 amide bonds. The summed E-state index contributed by atoms with van der Waals surface area (Å²) in [5.74, 6) is -0.372. The summed E-state index contributed by atoms with van der Waals surface area (Å²) in [5, 5.41) is 11.5. The molecule has 96 valence electrons. The quantitative estimate of drug-likeness (QED) is 0.697. The summed E-state index contributed by atoms with van der Waals surface area (Å²) in [7, 11) is 0. The largest absolute Gasteiger partial charge is 0.480 e. The van der Waals surface area contributed by atoms with Crippen LogP contribution in [-0.2, 0) is 14.3 Å². The van der Waals surface area contributed by atoms with Crippen LogP contribution in [0, 0.1) is 11.8 Å². The molecule has 2 rings (SSSR count). The van der Waals surface area contributed by atoms with Crippen molar-refractivity contribution in [2.45, 2.75) is 50.9 Å². The lowest BCUT2D eigenvalue weighted by atomic mass is 9.84. The second-order valence-electron chi connectivity index (χ2n) is 5.15. The van der Waals surface area contributed by atoms with Gasteiger partial charge in [0.15, 0.2) is 0 Å². The van der Waals surface area contributed by atoms with Crippen LogP contribution < -0.4 is 5.32 Å². The van der Waals surface area contributed by atoms with Crippen LogP contribution in [-0.4, -0.2) is 35.7 Å². The molecule has 0 aromatic heterocycles. The molecule has 1 saturated heterocycles. The van der Waals surface area contributed by atoms with Crippen LogP contribution in [0.2, 0.25) is 0 Å². The highest BCUT2D eigenvalue weighted by molar-refractivity contribution is 5.76. The lowest BCUT2D eigenvalue weighted by molar-refractivity contribution is -0.145. The molecule has 0 radical (unpaired) electrons. The predicted molar refractivity (Wildman–Crippen MR) is 60.4 cm³/mol. The van der Waals surface area contributed by atoms with Crippen molar-refractivity contribution in [2.24, 2.45) is 11.8 Å². The number of rotatable bonds is 5. The fourth-order valence-electron chi connectivity index (χ4n) is 2.76. The van der Waals surface area contributed by atoms with Gasteiger partial charge in [-0.2, -0.15) is 0 Å². The normalized spacial score (nSPS) is 35.0. The number of aliphatic carboxylic acids is 1. The summed E-state index contributed by atoms with van der Waals surface area (Å²) >= 11 is 0. The number of nitrogens with one attached hydrogen (secondary N) is 1. The predicted octanol–water partition coefficient (Wildman–Crippen LogP) is 0.779. The molecule has 1 aliphatic carbocycles. The van der Waals surface area contributed by atoms with Crippen LogP contribution in [0.1, 0.15) is 32.6 Å². The molecule has 5 heteroatoms. The number of carbonyl (C=O) groups excluding carboxylic acids is 1. The maximum absolute atomic E-state index is 11.1. The minimum Gasteiger partial charge on any atom is -0.480 e. The molecule has 2 aliphatic rings. The van der Waals surface area contributed by atoms with E-state index in [-0.39, 0.29) is 18.1 Å². The smallest absolute Gasteiger partial charge is 0.326 e. The van der Waals surface area contributed by atoms with E-state index in [0.717, 1.165) is 6.42 Å². The molecular formula is C12H19NO4. The van der Waals surface area contributed by atoms with Crippen molar-refractivity contribution >= 4 is 12.4 Å². The highest BCUT2D eigenvalue weighted by Crippen LogP contribution is 2.41. The van der Waals surface area contributed by atoms with Gasteiger partial charge >= 0.3 is 5.97 Å². The van der Waals surface area contributed by atoms with Crippen molar-refractivity contribution in [3.63, 3.8) is 0 Å². The first-order chi connectivity index (χ1) is 8.11. The van der Waals surface area contributed by atoms with Gasteiger partial charge in [0.1, 0.15) is 6.04 Å². The summed E-state index contributed by atoms with van der Waals surface area (Å²) in [4.78, 5) is 21.6. The van der Waals surface area contributed by atoms with Crippen LogP contribution in [0.25, 0.3) is 0 Å². The minimum atomic E-state index is -0.953. The summed E-state index contributed by atoms with van der Waals surface area (Å²) in [5.41, 5.74) is 0. The third-order valence-electron chi connectivity index (χ3n) is 3.71. The molecule has 1 saturated carbocycles. The Morgan fingerprint density at radius 1 is 1.47 bits per heavy atom. The molecular weight excluding hydrogens is 222 g/mol. The van der Waals surface area contributed by atoms with Gasteiger partial charge < -0.3 is 15.2 Å². The first-order valence-corrected chi connectivity index (χ1v) is 6.19. The van der Waals surface area contributed by atoms with Crippen molar-refractivity contribution < 1.29 is 19.4 Å². The molecule has 4 atom stereocenters. The van der Waals surface area contributed by atoms with Crippen molar-refractivity contribution in [1.29, 1.82) is 0 Å². The van der Waals surface area contributed by atoms with E-state index >= 15 is 0 Å². The maximum atomic E-state index is 11.1. The van der Waals surface area contributed by atoms with Crippen LogP contribution in [0.4, 0.5) is 0 Å². The van der Waals surface area contributed by atoms with Gasteiger partial charge in [-0.05, 0) is 44.4 Å². The van der Waals surface area contributed by atoms with Gasteiger partial charge in [0.05, 0.1) is 12.2 Å². The van der Waals surface area contributed by atoms with Crippen LogP contribution >= 0.6 is 0 Å². The standard InChI is InChI=1S/C12H19NO4/c1-7-4-9(11(12(15)16)13-6-14)5-10(17-7)8-2-3-8/h6-11H,2-5H2,1H3,(H,13,14)(H,15,16)/t7-,9+,10+,11?/m1/s1. The zero-order valence-electron chi connectivity index (χ0n) is 9.96. The first kappa shape index (κ1) is 12.4. The van der Waals surface area contributed by atoms with Crippen molar-refractivity contribution in [1.82, 2.24) is 5.32 Å². The Kier molecular flexibility index (Phi) is 3.66. The van der Waals surface area contributed by atoms with E-state index in [1.54, 1.807) is 0 Å². The zero-order valence-corrected chi connectivity index (χ0v) is 9.96. The van der Waals surface area contributed by atoms with E-state index in [0.29, 0.717) is 18.7 Å². The second kappa shape index (κ2) is 5.04. The Labute approximate surface area is 101 Å². The number of hydrogen-bond acceptors (Lipinski definition) is 3. The summed E-state index contributed by atoms with van der Waals surface area (Å²) in [6.07, 6.45) is 4.54. The molecule has 1 heterocycles. The summed E-state index contributed by atoms with van der Waals surface area (Å²) < 4.78 is 5.84. The van der Waals surface area contributed by atoms with Gasteiger partial charge in [0.2, 0.25) is 6.41 Å². The molecule has 0 bridgehead atoms. The number of amides is 1. The molecule has 17 heavy (non-hydrogen) atoms. The van der Waals surface area contributed by atoms with E-state index in [9.17, 15) is 9.59 Å². The average Bonchev–Trinajstić information content (AvgIpc) is 3.08. The zero-order chi connectivity index (χ0) is 12.4. The Hall–Kier alpha value is -1.10. The number of hydrogen-bond donors (Lipinski definition) is 2. The van der Waals surface area contributed by atoms with Gasteiger partial charge in [-0.3, -0.25) is 4.79 Å². The fourth-order valence-corrected chi connectivity index (χ4v) is 2.76. The number of ether oxygens (including phenoxy) is 1. The number of carboxylic acid groups (broad SMARTS) is 1. The van der Waals surface area contributed by atoms with Gasteiger partial charge in [-0.25, -0.2) is 4.79 Å². The van der Waals surface area contributed by atoms with Crippen LogP contribution in [0.3, 0.4) is 0 Å². The lowest BCUT2D eigenvalue weighted by Gasteiger charge is -2.36. The Balaban J connectivity index is 2.01. The Bertz CT molecular complexity index is 303. The summed E-state index contributed by atoms with van der Waals surface area (Å²) in [6.45, 7) is 1.97. The number of carboxylic acids is 1. The van der Waals surface area contributed by atoms with Crippen molar-refractivity contribution in [3.05, 3.63) is 0 Å². The van der Waals surface area contributed by atoms with E-state index in [1.807, 2.05) is 6.92 Å². The first-order valence-electron chi connectivity index (χ1n) is 6.19. The van der Waals surface area contributed by atoms with E-state index in [2.05, 4.69) is 5.32 Å². The fraction of sp³-hybridized carbons (Fsp3) is 0.833. The molecule has 1 unspecified atom stereocenters. The lowest BCUT2D eigenvalue weighted by Crippen LogP contribution is -2.47. The van der Waals surface area contributed by atoms with Gasteiger partial charge in [0, 0.05) is 0 Å². The SMILES string of the molecule is C[C@@H]1C[C@H](C(NC=O)C(=O)O)C[C@@H](C2CC2)O1. The molecule has 2 fully saturated rings. The van der Waals surface area contributed by atoms with Crippen molar-refractivity contribution in [3.8, 4) is 0 Å². The average molecular weight is 241 g/mol. The maximum Gasteiger partial charge on any atom is 0.326 e. The van der Waals surface area contributed by atoms with E-state index in [1.165, 1.54) is 12.8 Å². The van der Waals surface area contributed by atoms with Crippen molar-refractivity contribution in [2.75, 3.05) is 0 Å². The van der Waals surface area contributed by atoms with Gasteiger partial charge in [-0.1, -0.05) is 0 Å². The Morgan fingerprint density at radius 2 is 2.18 bits per heavy atom. The van der Waals surface area contributed by atoms with E-state index < -0.39 is 12.0 Å². The third kappa shape index (κ3) is 2.97. The van der Waals surface area contributed by atoms with Crippen LogP contribution in [0.15, 0.2) is 0 Å². The minimum absolute atomic E-state index is 0.0213. The molecule has 5 nitrogen and oxygen atoms in total. The third-order valence-corrected chi connectivity index (χ3v) is 3.71. The molecule has 2 N–H and O–H groups in total. The summed E-state index contributed by atoms with van der Waals surface area (Å²) in [6, 6.07) is -0.778. The monoisotopic (exact) mass is 241 g/mol. The highest BCUT2D eigenvalue weighted by atomic mass is 16.5. The molecule has 0 aromatic carbocycles. The Morgan fingerprint density at radius 3 is 2.71 bits per heavy atom. The van der Waals surface area contributed by atoms with Gasteiger partial charge in [-0.15, -0.1) is 0 Å².